The van der Waals surface area contributed by atoms with Crippen LogP contribution in [0.25, 0.3) is 0 Å². The summed E-state index contributed by atoms with van der Waals surface area (Å²) in [6.45, 7) is 0.865. The molecule has 1 atom stereocenters. The summed E-state index contributed by atoms with van der Waals surface area (Å²) in [5, 5.41) is 29.1. The Kier molecular flexibility index (Phi) is 11.3. The van der Waals surface area contributed by atoms with Crippen molar-refractivity contribution in [2.45, 2.75) is 38.4 Å². The molecule has 3 aromatic rings. The monoisotopic (exact) mass is 574 g/mol. The Labute approximate surface area is 233 Å². The maximum atomic E-state index is 12.4. The van der Waals surface area contributed by atoms with Crippen molar-refractivity contribution in [2.24, 2.45) is 5.11 Å². The van der Waals surface area contributed by atoms with Crippen molar-refractivity contribution in [1.82, 2.24) is 30.9 Å². The van der Waals surface area contributed by atoms with Crippen LogP contribution in [0.2, 0.25) is 0 Å². The second kappa shape index (κ2) is 15.1. The van der Waals surface area contributed by atoms with Crippen LogP contribution in [0.3, 0.4) is 0 Å². The number of aliphatic hydroxyl groups excluding tert-OH is 1. The number of rotatable bonds is 15. The van der Waals surface area contributed by atoms with Crippen molar-refractivity contribution in [1.29, 1.82) is 5.53 Å². The fraction of sp³-hybridized carbons (Fsp3) is 0.308. The molecule has 0 spiro atoms. The summed E-state index contributed by atoms with van der Waals surface area (Å²) in [6, 6.07) is 14.1. The van der Waals surface area contributed by atoms with E-state index in [2.05, 4.69) is 36.1 Å². The van der Waals surface area contributed by atoms with Crippen molar-refractivity contribution in [2.75, 3.05) is 13.1 Å². The molecular weight excluding hydrogens is 545 g/mol. The number of unbranched alkanes of at least 4 members (excludes halogenated alkanes) is 1. The fourth-order valence-corrected chi connectivity index (χ4v) is 3.53. The van der Waals surface area contributed by atoms with E-state index in [4.69, 9.17) is 5.53 Å². The molecule has 2 amide bonds. The minimum atomic E-state index is -4.82. The number of aromatic nitrogens is 3. The van der Waals surface area contributed by atoms with Crippen molar-refractivity contribution in [3.05, 3.63) is 89.5 Å². The SMILES string of the molecule is N=N/C(=C\NCCCCn1cc(C(=O)NC[C@@H](O)c2ccccc2)nn1)C(=O)NCc1cccc(OC(F)(F)F)c1. The molecule has 0 aliphatic carbocycles. The summed E-state index contributed by atoms with van der Waals surface area (Å²) >= 11 is 0. The first-order valence-corrected chi connectivity index (χ1v) is 12.5. The van der Waals surface area contributed by atoms with E-state index in [0.717, 1.165) is 12.1 Å². The van der Waals surface area contributed by atoms with Crippen LogP contribution in [0.15, 0.2) is 77.8 Å². The van der Waals surface area contributed by atoms with Gasteiger partial charge in [0, 0.05) is 32.4 Å². The van der Waals surface area contributed by atoms with E-state index in [1.165, 1.54) is 29.2 Å². The number of aliphatic hydroxyl groups is 1. The summed E-state index contributed by atoms with van der Waals surface area (Å²) in [5.41, 5.74) is 8.19. The van der Waals surface area contributed by atoms with E-state index in [1.54, 1.807) is 24.3 Å². The Hall–Kier alpha value is -4.79. The molecule has 0 aliphatic rings. The van der Waals surface area contributed by atoms with Gasteiger partial charge in [0.15, 0.2) is 11.4 Å². The van der Waals surface area contributed by atoms with Gasteiger partial charge in [-0.05, 0) is 36.1 Å². The van der Waals surface area contributed by atoms with Gasteiger partial charge in [0.25, 0.3) is 11.8 Å². The van der Waals surface area contributed by atoms with Gasteiger partial charge in [-0.2, -0.15) is 5.11 Å². The molecule has 0 fully saturated rings. The molecular formula is C26H29F3N8O4. The molecule has 0 radical (unpaired) electrons. The van der Waals surface area contributed by atoms with Gasteiger partial charge in [-0.15, -0.1) is 18.3 Å². The van der Waals surface area contributed by atoms with Crippen LogP contribution in [0, 0.1) is 5.53 Å². The molecule has 2 aromatic carbocycles. The van der Waals surface area contributed by atoms with E-state index in [0.29, 0.717) is 37.1 Å². The van der Waals surface area contributed by atoms with Crippen LogP contribution in [-0.4, -0.2) is 51.4 Å². The lowest BCUT2D eigenvalue weighted by Crippen LogP contribution is -2.28. The van der Waals surface area contributed by atoms with Gasteiger partial charge in [0.05, 0.1) is 12.3 Å². The Morgan fingerprint density at radius 2 is 1.90 bits per heavy atom. The number of hydrogen-bond acceptors (Lipinski definition) is 9. The lowest BCUT2D eigenvalue weighted by molar-refractivity contribution is -0.274. The highest BCUT2D eigenvalue weighted by atomic mass is 19.4. The first-order chi connectivity index (χ1) is 19.6. The van der Waals surface area contributed by atoms with E-state index >= 15 is 0 Å². The highest BCUT2D eigenvalue weighted by molar-refractivity contribution is 5.92. The first-order valence-electron chi connectivity index (χ1n) is 12.5. The largest absolute Gasteiger partial charge is 0.573 e. The Balaban J connectivity index is 1.35. The molecule has 1 aromatic heterocycles. The van der Waals surface area contributed by atoms with Crippen LogP contribution in [0.1, 0.15) is 40.6 Å². The third kappa shape index (κ3) is 10.7. The molecule has 3 rings (SSSR count). The topological polar surface area (TPSA) is 167 Å². The number of aryl methyl sites for hydroxylation is 1. The molecule has 0 unspecified atom stereocenters. The van der Waals surface area contributed by atoms with Crippen LogP contribution in [-0.2, 0) is 17.9 Å². The van der Waals surface area contributed by atoms with Crippen molar-refractivity contribution >= 4 is 11.8 Å². The Morgan fingerprint density at radius 3 is 2.63 bits per heavy atom. The predicted octanol–water partition coefficient (Wildman–Crippen LogP) is 3.20. The Bertz CT molecular complexity index is 1330. The van der Waals surface area contributed by atoms with Crippen molar-refractivity contribution in [3.63, 3.8) is 0 Å². The lowest BCUT2D eigenvalue weighted by atomic mass is 10.1. The average Bonchev–Trinajstić information content (AvgIpc) is 3.43. The van der Waals surface area contributed by atoms with Gasteiger partial charge < -0.3 is 25.8 Å². The number of nitrogens with zero attached hydrogens (tertiary/aromatic N) is 4. The summed E-state index contributed by atoms with van der Waals surface area (Å²) in [4.78, 5) is 24.6. The number of carbonyl (C=O) groups is 2. The second-order valence-corrected chi connectivity index (χ2v) is 8.68. The van der Waals surface area contributed by atoms with Crippen molar-refractivity contribution in [3.8, 4) is 5.75 Å². The number of carbonyl (C=O) groups excluding carboxylic acids is 2. The number of alkyl halides is 3. The zero-order valence-electron chi connectivity index (χ0n) is 21.8. The summed E-state index contributed by atoms with van der Waals surface area (Å²) in [7, 11) is 0. The van der Waals surface area contributed by atoms with Crippen LogP contribution < -0.4 is 20.7 Å². The fourth-order valence-electron chi connectivity index (χ4n) is 3.53. The molecule has 41 heavy (non-hydrogen) atoms. The van der Waals surface area contributed by atoms with Crippen LogP contribution >= 0.6 is 0 Å². The van der Waals surface area contributed by atoms with Gasteiger partial charge in [-0.1, -0.05) is 47.7 Å². The smallest absolute Gasteiger partial charge is 0.406 e. The second-order valence-electron chi connectivity index (χ2n) is 8.68. The predicted molar refractivity (Wildman–Crippen MR) is 139 cm³/mol. The molecule has 1 heterocycles. The highest BCUT2D eigenvalue weighted by Gasteiger charge is 2.31. The minimum absolute atomic E-state index is 0.0314. The van der Waals surface area contributed by atoms with E-state index in [9.17, 15) is 27.9 Å². The number of halogens is 3. The first kappa shape index (κ1) is 30.7. The molecule has 0 bridgehead atoms. The maximum Gasteiger partial charge on any atom is 0.573 e. The minimum Gasteiger partial charge on any atom is -0.406 e. The van der Waals surface area contributed by atoms with Gasteiger partial charge >= 0.3 is 6.36 Å². The number of amides is 2. The van der Waals surface area contributed by atoms with Crippen LogP contribution in [0.5, 0.6) is 5.75 Å². The molecule has 5 N–H and O–H groups in total. The Morgan fingerprint density at radius 1 is 1.12 bits per heavy atom. The van der Waals surface area contributed by atoms with Gasteiger partial charge in [0.1, 0.15) is 5.75 Å². The lowest BCUT2D eigenvalue weighted by Gasteiger charge is -2.11. The normalized spacial score (nSPS) is 12.3. The number of ether oxygens (including phenoxy) is 1. The van der Waals surface area contributed by atoms with Gasteiger partial charge in [-0.25, -0.2) is 5.53 Å². The third-order valence-electron chi connectivity index (χ3n) is 5.55. The van der Waals surface area contributed by atoms with Gasteiger partial charge in [-0.3, -0.25) is 14.3 Å². The zero-order chi connectivity index (χ0) is 29.7. The highest BCUT2D eigenvalue weighted by Crippen LogP contribution is 2.23. The number of benzene rings is 2. The summed E-state index contributed by atoms with van der Waals surface area (Å²) in [6.07, 6.45) is -1.58. The molecule has 12 nitrogen and oxygen atoms in total. The van der Waals surface area contributed by atoms with Crippen molar-refractivity contribution < 1.29 is 32.6 Å². The molecule has 0 saturated heterocycles. The van der Waals surface area contributed by atoms with Crippen LogP contribution in [0.4, 0.5) is 13.2 Å². The molecule has 15 heteroatoms. The number of nitrogens with one attached hydrogen (secondary N) is 4. The summed E-state index contributed by atoms with van der Waals surface area (Å²) < 4.78 is 42.5. The molecule has 0 saturated carbocycles. The maximum absolute atomic E-state index is 12.4. The van der Waals surface area contributed by atoms with E-state index < -0.39 is 30.0 Å². The van der Waals surface area contributed by atoms with E-state index in [-0.39, 0.29) is 24.5 Å². The van der Waals surface area contributed by atoms with E-state index in [1.807, 2.05) is 6.07 Å². The van der Waals surface area contributed by atoms with Gasteiger partial charge in [0.2, 0.25) is 0 Å². The quantitative estimate of drug-likeness (QED) is 0.106. The average molecular weight is 575 g/mol. The third-order valence-corrected chi connectivity index (χ3v) is 5.55. The standard InChI is InChI=1S/C26H29F3N8O4/c27-26(28,29)41-20-10-6-7-18(13-20)14-32-24(39)21(34-30)15-31-11-4-5-12-37-17-22(35-36-37)25(40)33-16-23(38)19-8-2-1-3-9-19/h1-3,6-10,13,15,17,23,30-31,38H,4-5,11-12,14,16H2,(H,32,39)(H,33,40)/b21-15-,34-30?/t23-/m1/s1. The number of hydrogen-bond donors (Lipinski definition) is 5. The zero-order valence-corrected chi connectivity index (χ0v) is 21.8. The molecule has 0 aliphatic heterocycles. The summed E-state index contributed by atoms with van der Waals surface area (Å²) in [5.74, 6) is -1.54. The molecule has 218 valence electrons.